The Morgan fingerprint density at radius 2 is 2.09 bits per heavy atom. The zero-order chi connectivity index (χ0) is 21.7. The SMILES string of the molecule is O=C(CSCc1nc2sc3c(c2c(=O)[nH]1)CCC3)N1CCCC1c1nc2ccccc2s1. The Labute approximate surface area is 197 Å². The average Bonchev–Trinajstić information content (AvgIpc) is 3.54. The largest absolute Gasteiger partial charge is 0.333 e. The van der Waals surface area contributed by atoms with Crippen molar-refractivity contribution >= 4 is 60.8 Å². The number of rotatable bonds is 5. The van der Waals surface area contributed by atoms with E-state index in [-0.39, 0.29) is 17.5 Å². The summed E-state index contributed by atoms with van der Waals surface area (Å²) in [5, 5.41) is 1.81. The molecule has 1 aliphatic carbocycles. The van der Waals surface area contributed by atoms with Gasteiger partial charge in [-0.1, -0.05) is 12.1 Å². The maximum absolute atomic E-state index is 13.0. The van der Waals surface area contributed by atoms with Crippen LogP contribution < -0.4 is 5.56 Å². The van der Waals surface area contributed by atoms with Crippen LogP contribution in [0.2, 0.25) is 0 Å². The van der Waals surface area contributed by atoms with Crippen molar-refractivity contribution < 1.29 is 4.79 Å². The number of nitrogens with one attached hydrogen (secondary N) is 1. The molecule has 0 saturated carbocycles. The number of hydrogen-bond donors (Lipinski definition) is 1. The summed E-state index contributed by atoms with van der Waals surface area (Å²) >= 11 is 4.86. The van der Waals surface area contributed by atoms with E-state index in [0.717, 1.165) is 59.4 Å². The summed E-state index contributed by atoms with van der Waals surface area (Å²) in [6.07, 6.45) is 5.13. The number of thiophene rings is 1. The van der Waals surface area contributed by atoms with Crippen molar-refractivity contribution in [1.82, 2.24) is 19.9 Å². The predicted octanol–water partition coefficient (Wildman–Crippen LogP) is 4.68. The number of carbonyl (C=O) groups excluding carboxylic acids is 1. The fourth-order valence-electron chi connectivity index (χ4n) is 4.79. The van der Waals surface area contributed by atoms with Gasteiger partial charge in [-0.25, -0.2) is 9.97 Å². The van der Waals surface area contributed by atoms with Crippen LogP contribution in [-0.4, -0.2) is 38.1 Å². The molecule has 0 spiro atoms. The van der Waals surface area contributed by atoms with Crippen molar-refractivity contribution in [1.29, 1.82) is 0 Å². The van der Waals surface area contributed by atoms with Crippen molar-refractivity contribution in [3.8, 4) is 0 Å². The van der Waals surface area contributed by atoms with Crippen LogP contribution in [-0.2, 0) is 23.4 Å². The molecule has 6 nitrogen and oxygen atoms in total. The van der Waals surface area contributed by atoms with E-state index in [4.69, 9.17) is 4.98 Å². The molecule has 9 heteroatoms. The highest BCUT2D eigenvalue weighted by Gasteiger charge is 2.32. The van der Waals surface area contributed by atoms with Crippen LogP contribution in [0.3, 0.4) is 0 Å². The highest BCUT2D eigenvalue weighted by Crippen LogP contribution is 2.37. The number of carbonyl (C=O) groups is 1. The van der Waals surface area contributed by atoms with Crippen molar-refractivity contribution in [3.05, 3.63) is 55.9 Å². The van der Waals surface area contributed by atoms with Crippen LogP contribution in [0.25, 0.3) is 20.4 Å². The first-order chi connectivity index (χ1) is 15.7. The van der Waals surface area contributed by atoms with Crippen molar-refractivity contribution in [3.63, 3.8) is 0 Å². The molecule has 0 radical (unpaired) electrons. The van der Waals surface area contributed by atoms with Crippen LogP contribution in [0.5, 0.6) is 0 Å². The van der Waals surface area contributed by atoms with Crippen LogP contribution in [0, 0.1) is 0 Å². The molecule has 1 aromatic carbocycles. The Balaban J connectivity index is 1.13. The average molecular weight is 483 g/mol. The number of fused-ring (bicyclic) bond motifs is 4. The first-order valence-corrected chi connectivity index (χ1v) is 13.7. The van der Waals surface area contributed by atoms with E-state index < -0.39 is 0 Å². The Bertz CT molecular complexity index is 1360. The lowest BCUT2D eigenvalue weighted by Gasteiger charge is -2.22. The highest BCUT2D eigenvalue weighted by atomic mass is 32.2. The van der Waals surface area contributed by atoms with Gasteiger partial charge in [0.05, 0.1) is 33.2 Å². The van der Waals surface area contributed by atoms with Gasteiger partial charge in [0, 0.05) is 11.4 Å². The molecule has 6 rings (SSSR count). The minimum atomic E-state index is -0.0354. The normalized spacial score (nSPS) is 18.1. The number of nitrogens with zero attached hydrogens (tertiary/aromatic N) is 3. The summed E-state index contributed by atoms with van der Waals surface area (Å²) in [5.74, 6) is 1.70. The van der Waals surface area contributed by atoms with Gasteiger partial charge in [0.1, 0.15) is 15.7 Å². The fourth-order valence-corrected chi connectivity index (χ4v) is 7.96. The van der Waals surface area contributed by atoms with Gasteiger partial charge in [-0.3, -0.25) is 9.59 Å². The summed E-state index contributed by atoms with van der Waals surface area (Å²) in [4.78, 5) is 42.2. The minimum absolute atomic E-state index is 0.0354. The molecule has 1 aliphatic heterocycles. The van der Waals surface area contributed by atoms with E-state index in [1.807, 2.05) is 23.1 Å². The molecule has 4 aromatic rings. The third-order valence-corrected chi connectivity index (χ3v) is 9.51. The molecule has 1 amide bonds. The molecular weight excluding hydrogens is 460 g/mol. The summed E-state index contributed by atoms with van der Waals surface area (Å²) in [7, 11) is 0. The third kappa shape index (κ3) is 3.56. The number of benzene rings is 1. The van der Waals surface area contributed by atoms with Gasteiger partial charge < -0.3 is 9.88 Å². The van der Waals surface area contributed by atoms with Gasteiger partial charge in [-0.15, -0.1) is 34.4 Å². The first kappa shape index (κ1) is 20.4. The zero-order valence-corrected chi connectivity index (χ0v) is 19.9. The maximum atomic E-state index is 13.0. The zero-order valence-electron chi connectivity index (χ0n) is 17.4. The summed E-state index contributed by atoms with van der Waals surface area (Å²) in [6, 6.07) is 8.21. The van der Waals surface area contributed by atoms with Crippen LogP contribution in [0.1, 0.15) is 46.6 Å². The molecular formula is C23H22N4O2S3. The molecule has 4 heterocycles. The van der Waals surface area contributed by atoms with Gasteiger partial charge in [0.15, 0.2) is 0 Å². The van der Waals surface area contributed by atoms with E-state index in [1.165, 1.54) is 26.9 Å². The minimum Gasteiger partial charge on any atom is -0.333 e. The quantitative estimate of drug-likeness (QED) is 0.447. The van der Waals surface area contributed by atoms with Crippen molar-refractivity contribution in [2.75, 3.05) is 12.3 Å². The number of aryl methyl sites for hydroxylation is 2. The number of para-hydroxylation sites is 1. The van der Waals surface area contributed by atoms with E-state index in [0.29, 0.717) is 17.3 Å². The molecule has 1 saturated heterocycles. The molecule has 2 aliphatic rings. The number of likely N-dealkylation sites (tertiary alicyclic amines) is 1. The number of aromatic nitrogens is 3. The van der Waals surface area contributed by atoms with E-state index in [9.17, 15) is 9.59 Å². The summed E-state index contributed by atoms with van der Waals surface area (Å²) < 4.78 is 1.17. The Morgan fingerprint density at radius 1 is 1.19 bits per heavy atom. The van der Waals surface area contributed by atoms with Crippen LogP contribution in [0.15, 0.2) is 29.1 Å². The van der Waals surface area contributed by atoms with Gasteiger partial charge in [0.2, 0.25) is 5.91 Å². The lowest BCUT2D eigenvalue weighted by Crippen LogP contribution is -2.32. The lowest BCUT2D eigenvalue weighted by molar-refractivity contribution is -0.129. The van der Waals surface area contributed by atoms with Crippen LogP contribution in [0.4, 0.5) is 0 Å². The van der Waals surface area contributed by atoms with Gasteiger partial charge in [0.25, 0.3) is 5.56 Å². The Kier molecular flexibility index (Phi) is 5.27. The summed E-state index contributed by atoms with van der Waals surface area (Å²) in [5.41, 5.74) is 2.17. The Hall–Kier alpha value is -2.23. The molecule has 3 aromatic heterocycles. The fraction of sp³-hybridized carbons (Fsp3) is 0.391. The predicted molar refractivity (Wildman–Crippen MR) is 132 cm³/mol. The number of hydrogen-bond acceptors (Lipinski definition) is 7. The molecule has 164 valence electrons. The van der Waals surface area contributed by atoms with E-state index in [2.05, 4.69) is 16.0 Å². The smallest absolute Gasteiger partial charge is 0.259 e. The number of thioether (sulfide) groups is 1. The first-order valence-electron chi connectivity index (χ1n) is 10.9. The second-order valence-corrected chi connectivity index (χ2v) is 11.4. The monoisotopic (exact) mass is 482 g/mol. The van der Waals surface area contributed by atoms with E-state index in [1.54, 1.807) is 22.7 Å². The number of amides is 1. The topological polar surface area (TPSA) is 79.0 Å². The maximum Gasteiger partial charge on any atom is 0.259 e. The Morgan fingerprint density at radius 3 is 3.00 bits per heavy atom. The molecule has 1 unspecified atom stereocenters. The number of aromatic amines is 1. The van der Waals surface area contributed by atoms with E-state index >= 15 is 0 Å². The molecule has 32 heavy (non-hydrogen) atoms. The van der Waals surface area contributed by atoms with Crippen molar-refractivity contribution in [2.24, 2.45) is 0 Å². The second kappa shape index (κ2) is 8.28. The molecule has 0 bridgehead atoms. The number of H-pyrrole nitrogens is 1. The third-order valence-electron chi connectivity index (χ3n) is 6.26. The summed E-state index contributed by atoms with van der Waals surface area (Å²) in [6.45, 7) is 0.780. The van der Waals surface area contributed by atoms with Crippen molar-refractivity contribution in [2.45, 2.75) is 43.9 Å². The highest BCUT2D eigenvalue weighted by molar-refractivity contribution is 7.99. The standard InChI is InChI=1S/C23H22N4O2S3/c28-19(27-10-4-7-15(27)22-24-14-6-1-2-8-17(14)32-22)12-30-11-18-25-21(29)20-13-5-3-9-16(13)31-23(20)26-18/h1-2,6,8,15H,3-5,7,9-12H2,(H,25,26,29). The van der Waals surface area contributed by atoms with Gasteiger partial charge in [-0.05, 0) is 49.8 Å². The van der Waals surface area contributed by atoms with Crippen LogP contribution >= 0.6 is 34.4 Å². The lowest BCUT2D eigenvalue weighted by atomic mass is 10.2. The van der Waals surface area contributed by atoms with Gasteiger partial charge in [-0.2, -0.15) is 0 Å². The second-order valence-electron chi connectivity index (χ2n) is 8.31. The number of thiazole rings is 1. The molecule has 1 atom stereocenters. The van der Waals surface area contributed by atoms with Gasteiger partial charge >= 0.3 is 0 Å². The molecule has 1 N–H and O–H groups in total. The molecule has 1 fully saturated rings.